The lowest BCUT2D eigenvalue weighted by atomic mass is 10.0. The number of nitrogens with one attached hydrogen (secondary N) is 1. The summed E-state index contributed by atoms with van der Waals surface area (Å²) in [4.78, 5) is 13.7. The zero-order valence-corrected chi connectivity index (χ0v) is 10.5. The van der Waals surface area contributed by atoms with Gasteiger partial charge < -0.3 is 10.2 Å². The van der Waals surface area contributed by atoms with Crippen LogP contribution in [0.1, 0.15) is 19.4 Å². The molecule has 1 aliphatic rings. The van der Waals surface area contributed by atoms with E-state index >= 15 is 0 Å². The van der Waals surface area contributed by atoms with Crippen molar-refractivity contribution in [2.45, 2.75) is 25.9 Å². The molecular weight excluding hydrogens is 238 g/mol. The molecule has 1 aromatic rings. The van der Waals surface area contributed by atoms with Gasteiger partial charge in [-0.2, -0.15) is 0 Å². The van der Waals surface area contributed by atoms with Crippen LogP contribution in [0.15, 0.2) is 18.2 Å². The Morgan fingerprint density at radius 1 is 1.28 bits per heavy atom. The number of piperazine rings is 1. The molecule has 1 fully saturated rings. The molecule has 5 heteroatoms. The van der Waals surface area contributed by atoms with Crippen molar-refractivity contribution in [1.29, 1.82) is 0 Å². The first-order valence-electron chi connectivity index (χ1n) is 5.88. The minimum Gasteiger partial charge on any atom is -0.336 e. The van der Waals surface area contributed by atoms with Crippen molar-refractivity contribution in [3.63, 3.8) is 0 Å². The first-order valence-corrected chi connectivity index (χ1v) is 5.88. The van der Waals surface area contributed by atoms with Crippen LogP contribution in [-0.4, -0.2) is 29.4 Å². The highest BCUT2D eigenvalue weighted by Crippen LogP contribution is 2.16. The number of halogens is 2. The molecular formula is C13H16F2N2O. The topological polar surface area (TPSA) is 32.3 Å². The van der Waals surface area contributed by atoms with Gasteiger partial charge in [0, 0.05) is 25.7 Å². The first-order chi connectivity index (χ1) is 8.38. The van der Waals surface area contributed by atoms with Crippen molar-refractivity contribution < 1.29 is 13.6 Å². The third kappa shape index (κ3) is 2.67. The van der Waals surface area contributed by atoms with Crippen LogP contribution in [0.5, 0.6) is 0 Å². The van der Waals surface area contributed by atoms with Crippen LogP contribution in [0.25, 0.3) is 0 Å². The molecule has 1 saturated heterocycles. The van der Waals surface area contributed by atoms with Crippen molar-refractivity contribution in [3.8, 4) is 0 Å². The van der Waals surface area contributed by atoms with Gasteiger partial charge in [-0.25, -0.2) is 8.78 Å². The summed E-state index contributed by atoms with van der Waals surface area (Å²) < 4.78 is 26.2. The Bertz CT molecular complexity index is 454. The van der Waals surface area contributed by atoms with E-state index in [1.807, 2.05) is 0 Å². The van der Waals surface area contributed by atoms with Crippen molar-refractivity contribution >= 4 is 5.91 Å². The van der Waals surface area contributed by atoms with Crippen LogP contribution < -0.4 is 5.32 Å². The van der Waals surface area contributed by atoms with Gasteiger partial charge >= 0.3 is 0 Å². The summed E-state index contributed by atoms with van der Waals surface area (Å²) in [6, 6.07) is 3.34. The number of benzene rings is 1. The molecule has 1 amide bonds. The van der Waals surface area contributed by atoms with Crippen LogP contribution in [0.3, 0.4) is 0 Å². The highest BCUT2D eigenvalue weighted by molar-refractivity contribution is 5.86. The molecule has 0 aliphatic carbocycles. The molecule has 1 aromatic carbocycles. The van der Waals surface area contributed by atoms with Gasteiger partial charge in [-0.3, -0.25) is 4.79 Å². The van der Waals surface area contributed by atoms with Gasteiger partial charge in [-0.1, -0.05) is 0 Å². The van der Waals surface area contributed by atoms with Crippen LogP contribution in [-0.2, 0) is 11.3 Å². The number of amides is 1. The van der Waals surface area contributed by atoms with Crippen molar-refractivity contribution in [2.24, 2.45) is 0 Å². The molecule has 98 valence electrons. The number of hydrogen-bond acceptors (Lipinski definition) is 2. The van der Waals surface area contributed by atoms with Crippen molar-refractivity contribution in [1.82, 2.24) is 10.2 Å². The fourth-order valence-corrected chi connectivity index (χ4v) is 2.15. The minimum absolute atomic E-state index is 0.0570. The van der Waals surface area contributed by atoms with E-state index in [0.29, 0.717) is 18.7 Å². The monoisotopic (exact) mass is 254 g/mol. The maximum Gasteiger partial charge on any atom is 0.242 e. The number of hydrogen-bond donors (Lipinski definition) is 1. The molecule has 0 saturated carbocycles. The SMILES string of the molecule is CC1(C)NCCN(Cc2cc(F)cc(F)c2)C1=O. The molecule has 1 N–H and O–H groups in total. The van der Waals surface area contributed by atoms with E-state index < -0.39 is 17.2 Å². The maximum absolute atomic E-state index is 13.1. The average Bonchev–Trinajstić information content (AvgIpc) is 2.23. The molecule has 1 aliphatic heterocycles. The average molecular weight is 254 g/mol. The van der Waals surface area contributed by atoms with Gasteiger partial charge in [0.2, 0.25) is 5.91 Å². The summed E-state index contributed by atoms with van der Waals surface area (Å²) in [5.74, 6) is -1.29. The molecule has 0 unspecified atom stereocenters. The predicted molar refractivity (Wildman–Crippen MR) is 63.9 cm³/mol. The van der Waals surface area contributed by atoms with E-state index in [4.69, 9.17) is 0 Å². The van der Waals surface area contributed by atoms with Crippen molar-refractivity contribution in [2.75, 3.05) is 13.1 Å². The third-order valence-electron chi connectivity index (χ3n) is 3.07. The van der Waals surface area contributed by atoms with Gasteiger partial charge in [-0.15, -0.1) is 0 Å². The van der Waals surface area contributed by atoms with E-state index in [1.54, 1.807) is 18.7 Å². The molecule has 18 heavy (non-hydrogen) atoms. The summed E-state index contributed by atoms with van der Waals surface area (Å²) in [6.07, 6.45) is 0. The smallest absolute Gasteiger partial charge is 0.242 e. The second-order valence-corrected chi connectivity index (χ2v) is 5.06. The molecule has 0 atom stereocenters. The predicted octanol–water partition coefficient (Wildman–Crippen LogP) is 1.68. The van der Waals surface area contributed by atoms with E-state index in [2.05, 4.69) is 5.32 Å². The van der Waals surface area contributed by atoms with E-state index in [1.165, 1.54) is 12.1 Å². The summed E-state index contributed by atoms with van der Waals surface area (Å²) >= 11 is 0. The normalized spacial score (nSPS) is 19.1. The van der Waals surface area contributed by atoms with Gasteiger partial charge in [0.05, 0.1) is 5.54 Å². The summed E-state index contributed by atoms with van der Waals surface area (Å²) in [7, 11) is 0. The highest BCUT2D eigenvalue weighted by atomic mass is 19.1. The lowest BCUT2D eigenvalue weighted by Gasteiger charge is -2.38. The molecule has 0 aromatic heterocycles. The number of rotatable bonds is 2. The van der Waals surface area contributed by atoms with Gasteiger partial charge in [-0.05, 0) is 31.5 Å². The molecule has 0 spiro atoms. The Morgan fingerprint density at radius 2 is 1.89 bits per heavy atom. The Labute approximate surface area is 105 Å². The van der Waals surface area contributed by atoms with Gasteiger partial charge in [0.25, 0.3) is 0 Å². The van der Waals surface area contributed by atoms with E-state index in [0.717, 1.165) is 6.07 Å². The molecule has 0 radical (unpaired) electrons. The van der Waals surface area contributed by atoms with E-state index in [-0.39, 0.29) is 12.5 Å². The Morgan fingerprint density at radius 3 is 2.50 bits per heavy atom. The molecule has 0 bridgehead atoms. The lowest BCUT2D eigenvalue weighted by Crippen LogP contribution is -2.60. The van der Waals surface area contributed by atoms with Crippen LogP contribution >= 0.6 is 0 Å². The van der Waals surface area contributed by atoms with Gasteiger partial charge in [0.15, 0.2) is 0 Å². The second-order valence-electron chi connectivity index (χ2n) is 5.06. The van der Waals surface area contributed by atoms with Crippen molar-refractivity contribution in [3.05, 3.63) is 35.4 Å². The summed E-state index contributed by atoms with van der Waals surface area (Å²) in [5, 5.41) is 3.11. The van der Waals surface area contributed by atoms with Crippen LogP contribution in [0.4, 0.5) is 8.78 Å². The highest BCUT2D eigenvalue weighted by Gasteiger charge is 2.35. The largest absolute Gasteiger partial charge is 0.336 e. The zero-order valence-electron chi connectivity index (χ0n) is 10.5. The first kappa shape index (κ1) is 13.0. The lowest BCUT2D eigenvalue weighted by molar-refractivity contribution is -0.140. The second kappa shape index (κ2) is 4.65. The standard InChI is InChI=1S/C13H16F2N2O/c1-13(2)12(18)17(4-3-16-13)8-9-5-10(14)7-11(15)6-9/h5-7,16H,3-4,8H2,1-2H3. The fourth-order valence-electron chi connectivity index (χ4n) is 2.15. The minimum atomic E-state index is -0.621. The fraction of sp³-hybridized carbons (Fsp3) is 0.462. The summed E-state index contributed by atoms with van der Waals surface area (Å²) in [6.45, 7) is 5.05. The number of nitrogens with zero attached hydrogens (tertiary/aromatic N) is 1. The van der Waals surface area contributed by atoms with Gasteiger partial charge in [0.1, 0.15) is 11.6 Å². The molecule has 1 heterocycles. The summed E-state index contributed by atoms with van der Waals surface area (Å²) in [5.41, 5.74) is -0.150. The maximum atomic E-state index is 13.1. The third-order valence-corrected chi connectivity index (χ3v) is 3.07. The number of carbonyl (C=O) groups is 1. The molecule has 2 rings (SSSR count). The Hall–Kier alpha value is -1.49. The quantitative estimate of drug-likeness (QED) is 0.870. The van der Waals surface area contributed by atoms with Crippen LogP contribution in [0.2, 0.25) is 0 Å². The Kier molecular flexibility index (Phi) is 3.34. The Balaban J connectivity index is 2.16. The molecule has 3 nitrogen and oxygen atoms in total. The number of carbonyl (C=O) groups excluding carboxylic acids is 1. The zero-order chi connectivity index (χ0) is 13.3. The van der Waals surface area contributed by atoms with E-state index in [9.17, 15) is 13.6 Å². The van der Waals surface area contributed by atoms with Crippen LogP contribution in [0, 0.1) is 11.6 Å².